The fourth-order valence-corrected chi connectivity index (χ4v) is 4.42. The number of rotatable bonds is 3. The third-order valence-electron chi connectivity index (χ3n) is 3.34. The van der Waals surface area contributed by atoms with Crippen molar-refractivity contribution in [3.05, 3.63) is 45.4 Å². The van der Waals surface area contributed by atoms with Gasteiger partial charge in [-0.2, -0.15) is 0 Å². The average Bonchev–Trinajstić information content (AvgIpc) is 2.82. The van der Waals surface area contributed by atoms with Gasteiger partial charge in [0.2, 0.25) is 0 Å². The Kier molecular flexibility index (Phi) is 6.18. The Hall–Kier alpha value is -0.260. The molecule has 0 saturated heterocycles. The number of nitrogens with zero attached hydrogens (tertiary/aromatic N) is 1. The second-order valence-electron chi connectivity index (χ2n) is 4.50. The van der Waals surface area contributed by atoms with E-state index in [4.69, 9.17) is 11.6 Å². The Morgan fingerprint density at radius 3 is 2.95 bits per heavy atom. The minimum absolute atomic E-state index is 0. The first-order valence-electron chi connectivity index (χ1n) is 6.37. The molecule has 1 aliphatic heterocycles. The van der Waals surface area contributed by atoms with Crippen molar-refractivity contribution in [2.75, 3.05) is 13.1 Å². The smallest absolute Gasteiger partial charge is 0.150 e. The lowest BCUT2D eigenvalue weighted by atomic mass is 9.98. The van der Waals surface area contributed by atoms with Gasteiger partial charge >= 0.3 is 0 Å². The molecule has 2 nitrogen and oxygen atoms in total. The van der Waals surface area contributed by atoms with Crippen LogP contribution in [0.25, 0.3) is 0 Å². The molecule has 2 aromatic rings. The van der Waals surface area contributed by atoms with Gasteiger partial charge in [0, 0.05) is 22.4 Å². The van der Waals surface area contributed by atoms with E-state index in [2.05, 4.69) is 16.4 Å². The van der Waals surface area contributed by atoms with E-state index in [1.165, 1.54) is 16.7 Å². The van der Waals surface area contributed by atoms with Crippen molar-refractivity contribution < 1.29 is 0 Å². The van der Waals surface area contributed by atoms with Gasteiger partial charge in [-0.15, -0.1) is 23.7 Å². The lowest BCUT2D eigenvalue weighted by Crippen LogP contribution is -2.16. The molecule has 0 atom stereocenters. The van der Waals surface area contributed by atoms with Crippen LogP contribution < -0.4 is 5.32 Å². The Bertz CT molecular complexity index is 559. The van der Waals surface area contributed by atoms with Crippen LogP contribution in [0.5, 0.6) is 0 Å². The van der Waals surface area contributed by atoms with Crippen LogP contribution in [0.2, 0.25) is 5.02 Å². The zero-order valence-corrected chi connectivity index (χ0v) is 14.1. The third-order valence-corrected chi connectivity index (χ3v) is 5.69. The number of thioether (sulfide) groups is 1. The van der Waals surface area contributed by atoms with Gasteiger partial charge in [-0.1, -0.05) is 29.4 Å². The summed E-state index contributed by atoms with van der Waals surface area (Å²) in [4.78, 5) is 4.32. The minimum atomic E-state index is 0. The first-order valence-corrected chi connectivity index (χ1v) is 8.61. The Morgan fingerprint density at radius 1 is 1.30 bits per heavy atom. The number of halogens is 2. The lowest BCUT2D eigenvalue weighted by molar-refractivity contribution is 0.710. The summed E-state index contributed by atoms with van der Waals surface area (Å²) < 4.78 is 1.11. The van der Waals surface area contributed by atoms with Crippen molar-refractivity contribution in [3.63, 3.8) is 0 Å². The fraction of sp³-hybridized carbons (Fsp3) is 0.357. The molecular weight excluding hydrogens is 331 g/mol. The van der Waals surface area contributed by atoms with Crippen LogP contribution in [0.3, 0.4) is 0 Å². The fourth-order valence-electron chi connectivity index (χ4n) is 2.39. The summed E-state index contributed by atoms with van der Waals surface area (Å²) in [5, 5.41) is 6.36. The van der Waals surface area contributed by atoms with Gasteiger partial charge < -0.3 is 5.32 Å². The van der Waals surface area contributed by atoms with Crippen LogP contribution in [0.4, 0.5) is 0 Å². The topological polar surface area (TPSA) is 24.9 Å². The van der Waals surface area contributed by atoms with Crippen molar-refractivity contribution in [3.8, 4) is 0 Å². The second-order valence-corrected chi connectivity index (χ2v) is 7.02. The van der Waals surface area contributed by atoms with Crippen molar-refractivity contribution in [1.82, 2.24) is 10.3 Å². The zero-order valence-electron chi connectivity index (χ0n) is 10.9. The first kappa shape index (κ1) is 16.1. The molecule has 0 radical (unpaired) electrons. The molecule has 2 heterocycles. The van der Waals surface area contributed by atoms with Gasteiger partial charge in [0.15, 0.2) is 0 Å². The van der Waals surface area contributed by atoms with Crippen molar-refractivity contribution in [2.24, 2.45) is 0 Å². The van der Waals surface area contributed by atoms with E-state index in [1.54, 1.807) is 23.1 Å². The van der Waals surface area contributed by atoms with E-state index in [1.807, 2.05) is 17.6 Å². The molecule has 0 unspecified atom stereocenters. The zero-order chi connectivity index (χ0) is 13.1. The molecule has 1 N–H and O–H groups in total. The molecule has 0 spiro atoms. The number of hydrogen-bond acceptors (Lipinski definition) is 4. The Labute approximate surface area is 138 Å². The molecule has 0 aliphatic carbocycles. The first-order chi connectivity index (χ1) is 9.34. The second kappa shape index (κ2) is 7.66. The van der Waals surface area contributed by atoms with E-state index in [9.17, 15) is 0 Å². The number of benzene rings is 1. The van der Waals surface area contributed by atoms with Crippen LogP contribution >= 0.6 is 47.1 Å². The van der Waals surface area contributed by atoms with Crippen LogP contribution in [-0.2, 0) is 18.6 Å². The van der Waals surface area contributed by atoms with Gasteiger partial charge in [-0.25, -0.2) is 4.98 Å². The van der Waals surface area contributed by atoms with Crippen molar-refractivity contribution in [2.45, 2.75) is 22.9 Å². The van der Waals surface area contributed by atoms with E-state index in [0.29, 0.717) is 0 Å². The van der Waals surface area contributed by atoms with Gasteiger partial charge in [-0.3, -0.25) is 0 Å². The number of aromatic nitrogens is 1. The third kappa shape index (κ3) is 3.68. The van der Waals surface area contributed by atoms with Gasteiger partial charge in [0.05, 0.1) is 0 Å². The molecule has 3 rings (SSSR count). The molecule has 6 heteroatoms. The van der Waals surface area contributed by atoms with E-state index >= 15 is 0 Å². The van der Waals surface area contributed by atoms with Crippen LogP contribution in [0.15, 0.2) is 28.0 Å². The van der Waals surface area contributed by atoms with Crippen LogP contribution in [0, 0.1) is 0 Å². The summed E-state index contributed by atoms with van der Waals surface area (Å²) in [5.41, 5.74) is 4.19. The number of fused-ring (bicyclic) bond motifs is 1. The largest absolute Gasteiger partial charge is 0.316 e. The highest BCUT2D eigenvalue weighted by Gasteiger charge is 2.15. The molecule has 20 heavy (non-hydrogen) atoms. The summed E-state index contributed by atoms with van der Waals surface area (Å²) >= 11 is 9.87. The van der Waals surface area contributed by atoms with Crippen LogP contribution in [-0.4, -0.2) is 18.1 Å². The maximum Gasteiger partial charge on any atom is 0.150 e. The molecule has 1 aromatic carbocycles. The SMILES string of the molecule is Cl.Clc1ccc2c(c1CSc1nccs1)CCNCC2. The number of hydrogen-bond donors (Lipinski definition) is 1. The predicted molar refractivity (Wildman–Crippen MR) is 90.7 cm³/mol. The minimum Gasteiger partial charge on any atom is -0.316 e. The van der Waals surface area contributed by atoms with E-state index in [0.717, 1.165) is 41.0 Å². The summed E-state index contributed by atoms with van der Waals surface area (Å²) in [6, 6.07) is 4.23. The summed E-state index contributed by atoms with van der Waals surface area (Å²) in [6.07, 6.45) is 4.02. The summed E-state index contributed by atoms with van der Waals surface area (Å²) in [5.74, 6) is 0.912. The van der Waals surface area contributed by atoms with Gasteiger partial charge in [0.1, 0.15) is 4.34 Å². The molecule has 0 saturated carbocycles. The molecule has 0 bridgehead atoms. The molecule has 1 aliphatic rings. The lowest BCUT2D eigenvalue weighted by Gasteiger charge is -2.13. The summed E-state index contributed by atoms with van der Waals surface area (Å²) in [6.45, 7) is 2.11. The van der Waals surface area contributed by atoms with Gasteiger partial charge in [-0.05, 0) is 48.7 Å². The predicted octanol–water partition coefficient (Wildman–Crippen LogP) is 4.20. The summed E-state index contributed by atoms with van der Waals surface area (Å²) in [7, 11) is 0. The highest BCUT2D eigenvalue weighted by Crippen LogP contribution is 2.32. The maximum atomic E-state index is 6.40. The average molecular weight is 347 g/mol. The quantitative estimate of drug-likeness (QED) is 0.843. The van der Waals surface area contributed by atoms with E-state index < -0.39 is 0 Å². The molecule has 0 fully saturated rings. The van der Waals surface area contributed by atoms with Crippen molar-refractivity contribution in [1.29, 1.82) is 0 Å². The number of nitrogens with one attached hydrogen (secondary N) is 1. The molecule has 1 aromatic heterocycles. The monoisotopic (exact) mass is 346 g/mol. The van der Waals surface area contributed by atoms with E-state index in [-0.39, 0.29) is 12.4 Å². The molecular formula is C14H16Cl2N2S2. The van der Waals surface area contributed by atoms with Crippen molar-refractivity contribution >= 4 is 47.1 Å². The molecule has 0 amide bonds. The standard InChI is InChI=1S/C14H15ClN2S2.ClH/c15-13-2-1-10-3-5-16-6-4-11(10)12(13)9-19-14-17-7-8-18-14;/h1-2,7-8,16H,3-6,9H2;1H. The van der Waals surface area contributed by atoms with Crippen LogP contribution in [0.1, 0.15) is 16.7 Å². The maximum absolute atomic E-state index is 6.40. The highest BCUT2D eigenvalue weighted by atomic mass is 35.5. The Balaban J connectivity index is 0.00000147. The normalized spacial score (nSPS) is 14.2. The number of thiazole rings is 1. The van der Waals surface area contributed by atoms with Gasteiger partial charge in [0.25, 0.3) is 0 Å². The molecule has 108 valence electrons. The Morgan fingerprint density at radius 2 is 2.15 bits per heavy atom. The highest BCUT2D eigenvalue weighted by molar-refractivity contribution is 8.00.